The Morgan fingerprint density at radius 3 is 2.15 bits per heavy atom. The zero-order chi connectivity index (χ0) is 10.4. The van der Waals surface area contributed by atoms with E-state index in [0.29, 0.717) is 11.1 Å². The number of esters is 1. The molecule has 0 radical (unpaired) electrons. The molecule has 0 heterocycles. The van der Waals surface area contributed by atoms with Gasteiger partial charge < -0.3 is 9.84 Å². The number of carboxylic acids is 1. The van der Waals surface area contributed by atoms with Gasteiger partial charge in [-0.15, -0.1) is 0 Å². The zero-order valence-electron chi connectivity index (χ0n) is 7.83. The smallest absolute Gasteiger partial charge is 0.333 e. The van der Waals surface area contributed by atoms with E-state index in [1.807, 2.05) is 0 Å². The number of hydrogen-bond acceptors (Lipinski definition) is 3. The summed E-state index contributed by atoms with van der Waals surface area (Å²) >= 11 is 0. The molecule has 4 heteroatoms. The summed E-state index contributed by atoms with van der Waals surface area (Å²) in [6.45, 7) is 3.16. The van der Waals surface area contributed by atoms with Gasteiger partial charge in [0.2, 0.25) is 0 Å². The van der Waals surface area contributed by atoms with E-state index in [1.54, 1.807) is 13.8 Å². The second-order valence-corrected chi connectivity index (χ2v) is 2.55. The van der Waals surface area contributed by atoms with Crippen LogP contribution in [0.15, 0.2) is 23.3 Å². The molecule has 72 valence electrons. The summed E-state index contributed by atoms with van der Waals surface area (Å²) in [4.78, 5) is 21.1. The largest absolute Gasteiger partial charge is 0.478 e. The summed E-state index contributed by atoms with van der Waals surface area (Å²) in [5.41, 5.74) is 0.868. The highest BCUT2D eigenvalue weighted by Crippen LogP contribution is 2.02. The molecule has 0 spiro atoms. The van der Waals surface area contributed by atoms with Crippen LogP contribution in [0.2, 0.25) is 0 Å². The summed E-state index contributed by atoms with van der Waals surface area (Å²) in [6.07, 6.45) is 2.48. The first-order valence-corrected chi connectivity index (χ1v) is 3.65. The van der Waals surface area contributed by atoms with Crippen molar-refractivity contribution in [3.05, 3.63) is 23.3 Å². The van der Waals surface area contributed by atoms with Crippen LogP contribution in [-0.2, 0) is 14.3 Å². The molecule has 0 atom stereocenters. The quantitative estimate of drug-likeness (QED) is 0.406. The van der Waals surface area contributed by atoms with Gasteiger partial charge >= 0.3 is 11.9 Å². The molecule has 13 heavy (non-hydrogen) atoms. The van der Waals surface area contributed by atoms with E-state index in [2.05, 4.69) is 4.74 Å². The van der Waals surface area contributed by atoms with Gasteiger partial charge in [0, 0.05) is 11.6 Å². The van der Waals surface area contributed by atoms with Gasteiger partial charge in [-0.25, -0.2) is 9.59 Å². The van der Waals surface area contributed by atoms with Gasteiger partial charge in [-0.2, -0.15) is 0 Å². The maximum Gasteiger partial charge on any atom is 0.333 e. The maximum atomic E-state index is 10.9. The van der Waals surface area contributed by atoms with Crippen LogP contribution in [0.5, 0.6) is 0 Å². The lowest BCUT2D eigenvalue weighted by Crippen LogP contribution is -2.01. The number of aliphatic carboxylic acids is 1. The Bertz CT molecular complexity index is 273. The SMILES string of the molecule is COC(=O)/C(C)=C/C(C)=C/C(=O)O. The van der Waals surface area contributed by atoms with Gasteiger partial charge in [-0.3, -0.25) is 0 Å². The van der Waals surface area contributed by atoms with Crippen molar-refractivity contribution in [1.82, 2.24) is 0 Å². The molecular formula is C9H12O4. The normalized spacial score (nSPS) is 12.5. The second-order valence-electron chi connectivity index (χ2n) is 2.55. The first kappa shape index (κ1) is 11.4. The standard InChI is InChI=1S/C9H12O4/c1-6(5-8(10)11)4-7(2)9(12)13-3/h4-5H,1-3H3,(H,10,11)/b6-5+,7-4+. The van der Waals surface area contributed by atoms with E-state index in [1.165, 1.54) is 13.2 Å². The molecular weight excluding hydrogens is 172 g/mol. The fourth-order valence-electron chi connectivity index (χ4n) is 0.798. The molecule has 0 aliphatic heterocycles. The van der Waals surface area contributed by atoms with E-state index in [-0.39, 0.29) is 0 Å². The minimum atomic E-state index is -1.04. The number of carbonyl (C=O) groups excluding carboxylic acids is 1. The molecule has 1 N–H and O–H groups in total. The van der Waals surface area contributed by atoms with Crippen LogP contribution in [0, 0.1) is 0 Å². The molecule has 0 saturated heterocycles. The van der Waals surface area contributed by atoms with Gasteiger partial charge in [0.1, 0.15) is 0 Å². The van der Waals surface area contributed by atoms with Crippen molar-refractivity contribution in [1.29, 1.82) is 0 Å². The first-order chi connectivity index (χ1) is 5.97. The summed E-state index contributed by atoms with van der Waals surface area (Å²) in [5.74, 6) is -1.50. The third-order valence-corrected chi connectivity index (χ3v) is 1.30. The number of ether oxygens (including phenoxy) is 1. The highest BCUT2D eigenvalue weighted by Gasteiger charge is 2.02. The number of hydrogen-bond donors (Lipinski definition) is 1. The van der Waals surface area contributed by atoms with E-state index in [9.17, 15) is 9.59 Å². The molecule has 0 amide bonds. The number of carboxylic acid groups (broad SMARTS) is 1. The summed E-state index contributed by atoms with van der Waals surface area (Å²) in [6, 6.07) is 0. The Labute approximate surface area is 76.5 Å². The summed E-state index contributed by atoms with van der Waals surface area (Å²) in [5, 5.41) is 8.37. The molecule has 0 saturated carbocycles. The number of rotatable bonds is 3. The number of allylic oxidation sites excluding steroid dienone is 2. The van der Waals surface area contributed by atoms with Crippen LogP contribution in [0.3, 0.4) is 0 Å². The molecule has 0 bridgehead atoms. The third kappa shape index (κ3) is 4.79. The van der Waals surface area contributed by atoms with Gasteiger partial charge in [-0.1, -0.05) is 0 Å². The Morgan fingerprint density at radius 2 is 1.77 bits per heavy atom. The average Bonchev–Trinajstić information content (AvgIpc) is 2.01. The fourth-order valence-corrected chi connectivity index (χ4v) is 0.798. The zero-order valence-corrected chi connectivity index (χ0v) is 7.83. The van der Waals surface area contributed by atoms with Crippen molar-refractivity contribution in [3.8, 4) is 0 Å². The van der Waals surface area contributed by atoms with Crippen LogP contribution in [0.25, 0.3) is 0 Å². The minimum Gasteiger partial charge on any atom is -0.478 e. The van der Waals surface area contributed by atoms with Crippen molar-refractivity contribution in [2.75, 3.05) is 7.11 Å². The first-order valence-electron chi connectivity index (χ1n) is 3.65. The lowest BCUT2D eigenvalue weighted by atomic mass is 10.2. The molecule has 0 aromatic heterocycles. The molecule has 0 aromatic carbocycles. The minimum absolute atomic E-state index is 0.373. The van der Waals surface area contributed by atoms with Crippen LogP contribution in [0.4, 0.5) is 0 Å². The molecule has 0 aliphatic rings. The van der Waals surface area contributed by atoms with Crippen LogP contribution in [-0.4, -0.2) is 24.2 Å². The lowest BCUT2D eigenvalue weighted by Gasteiger charge is -1.97. The molecule has 0 aliphatic carbocycles. The Hall–Kier alpha value is -1.58. The van der Waals surface area contributed by atoms with Gasteiger partial charge in [0.15, 0.2) is 0 Å². The van der Waals surface area contributed by atoms with Gasteiger partial charge in [0.05, 0.1) is 7.11 Å². The van der Waals surface area contributed by atoms with Crippen molar-refractivity contribution in [2.45, 2.75) is 13.8 Å². The number of methoxy groups -OCH3 is 1. The highest BCUT2D eigenvalue weighted by molar-refractivity contribution is 5.89. The van der Waals surface area contributed by atoms with Crippen LogP contribution < -0.4 is 0 Å². The van der Waals surface area contributed by atoms with Crippen LogP contribution in [0.1, 0.15) is 13.8 Å². The fraction of sp³-hybridized carbons (Fsp3) is 0.333. The third-order valence-electron chi connectivity index (χ3n) is 1.30. The predicted molar refractivity (Wildman–Crippen MR) is 47.2 cm³/mol. The van der Waals surface area contributed by atoms with Crippen LogP contribution >= 0.6 is 0 Å². The topological polar surface area (TPSA) is 63.6 Å². The highest BCUT2D eigenvalue weighted by atomic mass is 16.5. The Morgan fingerprint density at radius 1 is 1.23 bits per heavy atom. The van der Waals surface area contributed by atoms with E-state index >= 15 is 0 Å². The maximum absolute atomic E-state index is 10.9. The number of carbonyl (C=O) groups is 2. The lowest BCUT2D eigenvalue weighted by molar-refractivity contribution is -0.136. The second kappa shape index (κ2) is 5.13. The average molecular weight is 184 g/mol. The van der Waals surface area contributed by atoms with Crippen molar-refractivity contribution in [2.24, 2.45) is 0 Å². The van der Waals surface area contributed by atoms with E-state index in [0.717, 1.165) is 6.08 Å². The summed E-state index contributed by atoms with van der Waals surface area (Å²) in [7, 11) is 1.27. The monoisotopic (exact) mass is 184 g/mol. The van der Waals surface area contributed by atoms with E-state index in [4.69, 9.17) is 5.11 Å². The Kier molecular flexibility index (Phi) is 4.51. The molecule has 0 fully saturated rings. The summed E-state index contributed by atoms with van der Waals surface area (Å²) < 4.78 is 4.44. The molecule has 0 unspecified atom stereocenters. The predicted octanol–water partition coefficient (Wildman–Crippen LogP) is 1.14. The Balaban J connectivity index is 4.56. The molecule has 4 nitrogen and oxygen atoms in total. The van der Waals surface area contributed by atoms with E-state index < -0.39 is 11.9 Å². The van der Waals surface area contributed by atoms with Crippen molar-refractivity contribution >= 4 is 11.9 Å². The molecule has 0 aromatic rings. The van der Waals surface area contributed by atoms with Crippen molar-refractivity contribution < 1.29 is 19.4 Å². The van der Waals surface area contributed by atoms with Gasteiger partial charge in [-0.05, 0) is 25.5 Å². The molecule has 0 rings (SSSR count). The van der Waals surface area contributed by atoms with Crippen molar-refractivity contribution in [3.63, 3.8) is 0 Å². The van der Waals surface area contributed by atoms with Gasteiger partial charge in [0.25, 0.3) is 0 Å².